The molecule has 1 aliphatic rings. The number of hydrogen-bond donors (Lipinski definition) is 1. The maximum absolute atomic E-state index is 13.2. The van der Waals surface area contributed by atoms with Gasteiger partial charge in [-0.25, -0.2) is 4.39 Å². The van der Waals surface area contributed by atoms with Gasteiger partial charge in [-0.3, -0.25) is 14.9 Å². The molecule has 33 heavy (non-hydrogen) atoms. The van der Waals surface area contributed by atoms with Gasteiger partial charge in [0, 0.05) is 30.4 Å². The third-order valence-corrected chi connectivity index (χ3v) is 5.33. The second-order valence-electron chi connectivity index (χ2n) is 7.46. The van der Waals surface area contributed by atoms with Crippen LogP contribution >= 0.6 is 0 Å². The van der Waals surface area contributed by atoms with Crippen LogP contribution in [0.3, 0.4) is 0 Å². The van der Waals surface area contributed by atoms with Gasteiger partial charge in [0.1, 0.15) is 17.6 Å². The second kappa shape index (κ2) is 9.46. The SMILES string of the molecule is N#Cc1cccc(NC(=O)c2ccc(N3CCO[C@@H](c4ccc(F)cc4)C3)c([N+](=O)[O-])c2)c1. The molecule has 9 heteroatoms. The molecule has 1 saturated heterocycles. The Labute approximate surface area is 189 Å². The number of ether oxygens (including phenoxy) is 1. The number of anilines is 2. The predicted molar refractivity (Wildman–Crippen MR) is 120 cm³/mol. The van der Waals surface area contributed by atoms with Gasteiger partial charge in [-0.1, -0.05) is 18.2 Å². The molecule has 0 spiro atoms. The van der Waals surface area contributed by atoms with Gasteiger partial charge < -0.3 is 15.0 Å². The first-order chi connectivity index (χ1) is 15.9. The summed E-state index contributed by atoms with van der Waals surface area (Å²) in [6, 6.07) is 18.6. The molecule has 1 atom stereocenters. The van der Waals surface area contributed by atoms with Gasteiger partial charge in [0.05, 0.1) is 23.2 Å². The highest BCUT2D eigenvalue weighted by atomic mass is 19.1. The van der Waals surface area contributed by atoms with Crippen LogP contribution in [0, 0.1) is 27.3 Å². The number of halogens is 1. The van der Waals surface area contributed by atoms with Crippen molar-refractivity contribution in [2.75, 3.05) is 29.9 Å². The first-order valence-corrected chi connectivity index (χ1v) is 10.2. The number of hydrogen-bond acceptors (Lipinski definition) is 6. The largest absolute Gasteiger partial charge is 0.370 e. The number of morpholine rings is 1. The first kappa shape index (κ1) is 21.9. The number of nitro benzene ring substituents is 1. The average molecular weight is 446 g/mol. The number of nitrogens with one attached hydrogen (secondary N) is 1. The number of nitrogens with zero attached hydrogens (tertiary/aromatic N) is 3. The third kappa shape index (κ3) is 4.97. The van der Waals surface area contributed by atoms with Crippen LogP contribution in [0.5, 0.6) is 0 Å². The number of nitro groups is 1. The highest BCUT2D eigenvalue weighted by molar-refractivity contribution is 6.05. The number of nitriles is 1. The summed E-state index contributed by atoms with van der Waals surface area (Å²) in [4.78, 5) is 25.8. The zero-order chi connectivity index (χ0) is 23.4. The summed E-state index contributed by atoms with van der Waals surface area (Å²) in [5, 5.41) is 23.5. The minimum Gasteiger partial charge on any atom is -0.370 e. The Bertz CT molecular complexity index is 1240. The van der Waals surface area contributed by atoms with Crippen LogP contribution in [-0.2, 0) is 4.74 Å². The summed E-state index contributed by atoms with van der Waals surface area (Å²) < 4.78 is 19.0. The Balaban J connectivity index is 1.56. The quantitative estimate of drug-likeness (QED) is 0.459. The van der Waals surface area contributed by atoms with Crippen LogP contribution in [0.2, 0.25) is 0 Å². The lowest BCUT2D eigenvalue weighted by Gasteiger charge is -2.34. The van der Waals surface area contributed by atoms with Crippen molar-refractivity contribution in [3.05, 3.63) is 99.4 Å². The highest BCUT2D eigenvalue weighted by Crippen LogP contribution is 2.33. The molecule has 1 amide bonds. The number of carbonyl (C=O) groups excluding carboxylic acids is 1. The van der Waals surface area contributed by atoms with Crippen molar-refractivity contribution in [1.29, 1.82) is 5.26 Å². The van der Waals surface area contributed by atoms with Crippen molar-refractivity contribution in [2.45, 2.75) is 6.10 Å². The fourth-order valence-corrected chi connectivity index (χ4v) is 3.70. The summed E-state index contributed by atoms with van der Waals surface area (Å²) in [6.07, 6.45) is -0.366. The minimum atomic E-state index is -0.523. The summed E-state index contributed by atoms with van der Waals surface area (Å²) >= 11 is 0. The van der Waals surface area contributed by atoms with Crippen molar-refractivity contribution >= 4 is 23.0 Å². The van der Waals surface area contributed by atoms with E-state index in [-0.39, 0.29) is 23.2 Å². The molecular weight excluding hydrogens is 427 g/mol. The second-order valence-corrected chi connectivity index (χ2v) is 7.46. The molecule has 8 nitrogen and oxygen atoms in total. The lowest BCUT2D eigenvalue weighted by Crippen LogP contribution is -2.38. The summed E-state index contributed by atoms with van der Waals surface area (Å²) in [5.41, 5.74) is 1.88. The lowest BCUT2D eigenvalue weighted by atomic mass is 10.1. The fraction of sp³-hybridized carbons (Fsp3) is 0.167. The lowest BCUT2D eigenvalue weighted by molar-refractivity contribution is -0.384. The molecule has 0 saturated carbocycles. The molecule has 4 rings (SSSR count). The normalized spacial score (nSPS) is 15.5. The van der Waals surface area contributed by atoms with Crippen LogP contribution in [-0.4, -0.2) is 30.5 Å². The first-order valence-electron chi connectivity index (χ1n) is 10.2. The molecule has 1 heterocycles. The molecule has 1 aliphatic heterocycles. The van der Waals surface area contributed by atoms with E-state index in [0.717, 1.165) is 5.56 Å². The molecule has 1 fully saturated rings. The van der Waals surface area contributed by atoms with E-state index >= 15 is 0 Å². The van der Waals surface area contributed by atoms with Gasteiger partial charge in [-0.2, -0.15) is 5.26 Å². The van der Waals surface area contributed by atoms with E-state index < -0.39 is 10.8 Å². The van der Waals surface area contributed by atoms with Crippen LogP contribution in [0.15, 0.2) is 66.7 Å². The van der Waals surface area contributed by atoms with Crippen molar-refractivity contribution in [2.24, 2.45) is 0 Å². The van der Waals surface area contributed by atoms with Gasteiger partial charge in [0.25, 0.3) is 11.6 Å². The summed E-state index contributed by atoms with van der Waals surface area (Å²) in [6.45, 7) is 1.13. The molecule has 0 bridgehead atoms. The number of benzene rings is 3. The molecule has 3 aromatic carbocycles. The van der Waals surface area contributed by atoms with E-state index in [9.17, 15) is 19.3 Å². The maximum Gasteiger partial charge on any atom is 0.293 e. The zero-order valence-electron chi connectivity index (χ0n) is 17.4. The monoisotopic (exact) mass is 446 g/mol. The van der Waals surface area contributed by atoms with Crippen molar-refractivity contribution in [1.82, 2.24) is 0 Å². The van der Waals surface area contributed by atoms with Gasteiger partial charge in [-0.15, -0.1) is 0 Å². The smallest absolute Gasteiger partial charge is 0.293 e. The van der Waals surface area contributed by atoms with E-state index in [4.69, 9.17) is 10.00 Å². The highest BCUT2D eigenvalue weighted by Gasteiger charge is 2.28. The van der Waals surface area contributed by atoms with Gasteiger partial charge >= 0.3 is 0 Å². The van der Waals surface area contributed by atoms with Crippen LogP contribution in [0.4, 0.5) is 21.5 Å². The molecule has 0 aromatic heterocycles. The molecule has 1 N–H and O–H groups in total. The number of amides is 1. The van der Waals surface area contributed by atoms with E-state index in [1.54, 1.807) is 36.4 Å². The molecule has 166 valence electrons. The Morgan fingerprint density at radius 3 is 2.70 bits per heavy atom. The standard InChI is InChI=1S/C24H19FN4O4/c25-19-7-4-17(5-8-19)23-15-28(10-11-33-23)21-9-6-18(13-22(21)29(31)32)24(30)27-20-3-1-2-16(12-20)14-26/h1-9,12-13,23H,10-11,15H2,(H,27,30)/t23-/m1/s1. The topological polar surface area (TPSA) is 108 Å². The van der Waals surface area contributed by atoms with Crippen molar-refractivity contribution in [3.63, 3.8) is 0 Å². The van der Waals surface area contributed by atoms with E-state index in [1.165, 1.54) is 30.3 Å². The number of rotatable bonds is 5. The van der Waals surface area contributed by atoms with Gasteiger partial charge in [0.15, 0.2) is 0 Å². The molecule has 3 aromatic rings. The Kier molecular flexibility index (Phi) is 6.29. The summed E-state index contributed by atoms with van der Waals surface area (Å²) in [5.74, 6) is -0.874. The van der Waals surface area contributed by atoms with Gasteiger partial charge in [-0.05, 0) is 48.0 Å². The minimum absolute atomic E-state index is 0.121. The Hall–Kier alpha value is -4.29. The fourth-order valence-electron chi connectivity index (χ4n) is 3.70. The van der Waals surface area contributed by atoms with E-state index in [1.807, 2.05) is 11.0 Å². The zero-order valence-corrected chi connectivity index (χ0v) is 17.4. The molecule has 0 aliphatic carbocycles. The molecular formula is C24H19FN4O4. The van der Waals surface area contributed by atoms with Crippen LogP contribution < -0.4 is 10.2 Å². The van der Waals surface area contributed by atoms with E-state index in [2.05, 4.69) is 5.32 Å². The van der Waals surface area contributed by atoms with Crippen LogP contribution in [0.1, 0.15) is 27.6 Å². The van der Waals surface area contributed by atoms with Crippen molar-refractivity contribution in [3.8, 4) is 6.07 Å². The van der Waals surface area contributed by atoms with E-state index in [0.29, 0.717) is 36.6 Å². The average Bonchev–Trinajstić information content (AvgIpc) is 2.84. The van der Waals surface area contributed by atoms with Crippen LogP contribution in [0.25, 0.3) is 0 Å². The van der Waals surface area contributed by atoms with Crippen molar-refractivity contribution < 1.29 is 18.8 Å². The summed E-state index contributed by atoms with van der Waals surface area (Å²) in [7, 11) is 0. The molecule has 0 unspecified atom stereocenters. The Morgan fingerprint density at radius 2 is 1.97 bits per heavy atom. The maximum atomic E-state index is 13.2. The third-order valence-electron chi connectivity index (χ3n) is 5.33. The molecule has 0 radical (unpaired) electrons. The Morgan fingerprint density at radius 1 is 1.18 bits per heavy atom. The van der Waals surface area contributed by atoms with Gasteiger partial charge in [0.2, 0.25) is 0 Å². The predicted octanol–water partition coefficient (Wildman–Crippen LogP) is 4.44. The number of carbonyl (C=O) groups is 1.